The minimum atomic E-state index is -4.00. The van der Waals surface area contributed by atoms with Crippen LogP contribution in [-0.2, 0) is 39.4 Å². The molecule has 0 bridgehead atoms. The number of fused-ring (bicyclic) bond motifs is 2. The predicted octanol–water partition coefficient (Wildman–Crippen LogP) is 1.20. The van der Waals surface area contributed by atoms with E-state index < -0.39 is 51.6 Å². The van der Waals surface area contributed by atoms with Gasteiger partial charge in [-0.15, -0.1) is 14.1 Å². The van der Waals surface area contributed by atoms with Crippen molar-refractivity contribution in [1.82, 2.24) is 34.5 Å². The molecule has 21 heteroatoms. The minimum Gasteiger partial charge on any atom is -0.382 e. The number of hydrogen-bond acceptors (Lipinski definition) is 14. The summed E-state index contributed by atoms with van der Waals surface area (Å²) in [6, 6.07) is 5.02. The highest BCUT2D eigenvalue weighted by atomic mass is 32.5. The monoisotopic (exact) mass is 654 g/mol. The van der Waals surface area contributed by atoms with Gasteiger partial charge in [-0.3, -0.25) is 9.36 Å². The van der Waals surface area contributed by atoms with Gasteiger partial charge in [0.2, 0.25) is 0 Å². The molecular weight excluding hydrogens is 628 g/mol. The molecule has 5 heterocycles. The lowest BCUT2D eigenvalue weighted by atomic mass is 10.1. The van der Waals surface area contributed by atoms with Gasteiger partial charge in [-0.05, 0) is 36.8 Å². The number of nitrogens with two attached hydrogens (primary N) is 2. The van der Waals surface area contributed by atoms with Crippen molar-refractivity contribution in [2.24, 2.45) is 5.73 Å². The fourth-order valence-corrected chi connectivity index (χ4v) is 6.35. The smallest absolute Gasteiger partial charge is 0.382 e. The Morgan fingerprint density at radius 1 is 1.16 bits per heavy atom. The van der Waals surface area contributed by atoms with E-state index in [1.54, 1.807) is 27.4 Å². The fraction of sp³-hybridized carbons (Fsp3) is 0.455. The van der Waals surface area contributed by atoms with Crippen LogP contribution in [0, 0.1) is 0 Å². The van der Waals surface area contributed by atoms with E-state index in [4.69, 9.17) is 34.5 Å². The van der Waals surface area contributed by atoms with Crippen molar-refractivity contribution in [3.8, 4) is 0 Å². The molecule has 0 spiro atoms. The van der Waals surface area contributed by atoms with Crippen LogP contribution in [0.2, 0.25) is 0 Å². The molecule has 18 nitrogen and oxygen atoms in total. The molecule has 3 aromatic heterocycles. The maximum atomic E-state index is 12.9. The number of primary amides is 1. The van der Waals surface area contributed by atoms with Crippen molar-refractivity contribution < 1.29 is 42.2 Å². The number of aromatic nitrogens is 7. The molecule has 0 radical (unpaired) electrons. The molecule has 2 saturated heterocycles. The first kappa shape index (κ1) is 30.0. The maximum Gasteiger partial charge on any atom is 0.697 e. The van der Waals surface area contributed by atoms with Gasteiger partial charge in [0.25, 0.3) is 5.91 Å². The molecule has 1 unspecified atom stereocenters. The highest BCUT2D eigenvalue weighted by Crippen LogP contribution is 2.42. The lowest BCUT2D eigenvalue weighted by Gasteiger charge is -2.17. The summed E-state index contributed by atoms with van der Waals surface area (Å²) in [6.07, 6.45) is 0.759. The Labute approximate surface area is 248 Å². The number of imidazole rings is 1. The summed E-state index contributed by atoms with van der Waals surface area (Å²) in [4.78, 5) is 43.2. The number of amides is 1. The molecule has 0 aliphatic carbocycles. The van der Waals surface area contributed by atoms with Crippen LogP contribution >= 0.6 is 15.0 Å². The van der Waals surface area contributed by atoms with E-state index in [1.807, 2.05) is 0 Å². The quantitative estimate of drug-likeness (QED) is 0.166. The molecular formula is C22H26N9O9P2S+. The second kappa shape index (κ2) is 12.1. The number of carbonyl (C=O) groups is 1. The Bertz CT molecular complexity index is 1730. The number of carbonyl (C=O) groups excluding carboxylic acids is 1. The largest absolute Gasteiger partial charge is 0.697 e. The van der Waals surface area contributed by atoms with Gasteiger partial charge in [0, 0.05) is 11.0 Å². The number of benzene rings is 1. The number of nitrogens with zero attached hydrogens (tertiary/aromatic N) is 7. The molecule has 1 aromatic carbocycles. The summed E-state index contributed by atoms with van der Waals surface area (Å²) < 4.78 is 44.3. The minimum absolute atomic E-state index is 0.0422. The van der Waals surface area contributed by atoms with Gasteiger partial charge in [0.05, 0.1) is 30.1 Å². The third-order valence-corrected chi connectivity index (χ3v) is 8.60. The van der Waals surface area contributed by atoms with Gasteiger partial charge in [0.15, 0.2) is 17.7 Å². The van der Waals surface area contributed by atoms with E-state index in [9.17, 15) is 19.1 Å². The maximum absolute atomic E-state index is 12.9. The van der Waals surface area contributed by atoms with Crippen LogP contribution < -0.4 is 11.5 Å². The summed E-state index contributed by atoms with van der Waals surface area (Å²) >= 11 is 4.55. The molecule has 43 heavy (non-hydrogen) atoms. The van der Waals surface area contributed by atoms with E-state index in [2.05, 4.69) is 37.1 Å². The van der Waals surface area contributed by atoms with E-state index in [0.717, 1.165) is 0 Å². The Hall–Kier alpha value is -3.09. The molecule has 0 saturated carbocycles. The van der Waals surface area contributed by atoms with Crippen LogP contribution in [0.1, 0.15) is 42.1 Å². The number of rotatable bonds is 11. The van der Waals surface area contributed by atoms with E-state index in [0.29, 0.717) is 35.0 Å². The van der Waals surface area contributed by atoms with Gasteiger partial charge in [0.1, 0.15) is 42.4 Å². The Morgan fingerprint density at radius 3 is 2.79 bits per heavy atom. The molecule has 6 atom stereocenters. The van der Waals surface area contributed by atoms with Crippen molar-refractivity contribution in [2.45, 2.75) is 50.0 Å². The molecule has 2 fully saturated rings. The average Bonchev–Trinajstić information content (AvgIpc) is 3.75. The summed E-state index contributed by atoms with van der Waals surface area (Å²) in [6.45, 7) is -4.38. The summed E-state index contributed by atoms with van der Waals surface area (Å²) in [7, 11) is -2.65. The van der Waals surface area contributed by atoms with E-state index in [-0.39, 0.29) is 31.0 Å². The Morgan fingerprint density at radius 2 is 2.00 bits per heavy atom. The lowest BCUT2D eigenvalue weighted by molar-refractivity contribution is -0.0402. The molecule has 2 aliphatic rings. The first-order valence-corrected chi connectivity index (χ1v) is 16.6. The highest BCUT2D eigenvalue weighted by molar-refractivity contribution is 8.06. The van der Waals surface area contributed by atoms with Gasteiger partial charge in [-0.25, -0.2) is 19.6 Å². The van der Waals surface area contributed by atoms with Crippen molar-refractivity contribution in [1.29, 1.82) is 0 Å². The van der Waals surface area contributed by atoms with Gasteiger partial charge in [-0.1, -0.05) is 11.3 Å². The second-order valence-electron chi connectivity index (χ2n) is 9.76. The lowest BCUT2D eigenvalue weighted by Crippen LogP contribution is -2.27. The molecule has 4 aromatic rings. The zero-order valence-corrected chi connectivity index (χ0v) is 24.8. The van der Waals surface area contributed by atoms with E-state index >= 15 is 0 Å². The summed E-state index contributed by atoms with van der Waals surface area (Å²) in [5, 5.41) is 8.22. The topological polar surface area (TPSA) is 247 Å². The first-order chi connectivity index (χ1) is 20.6. The highest BCUT2D eigenvalue weighted by Gasteiger charge is 2.45. The number of ether oxygens (including phenoxy) is 2. The molecule has 6 N–H and O–H groups in total. The Balaban J connectivity index is 1.08. The molecule has 6 rings (SSSR count). The predicted molar refractivity (Wildman–Crippen MR) is 151 cm³/mol. The van der Waals surface area contributed by atoms with Crippen LogP contribution in [0.3, 0.4) is 0 Å². The van der Waals surface area contributed by atoms with Crippen LogP contribution in [-0.4, -0.2) is 81.7 Å². The van der Waals surface area contributed by atoms with E-state index in [1.165, 1.54) is 12.7 Å². The standard InChI is InChI=1S/C22H25N9O9P2S/c23-20-19-22(26-9-25-20)30(10-27-19)17-6-14(15(39-17)8-37-42(34,35)43)40-41(33)36-7-11-4-5-16(38-11)31-13-3-1-2-12(21(24)32)18(13)28-29-31/h1-3,9-11,14-17H,4-8H2,(H5-,23,24,25,26,32,34,35,43)/p+1/t11-,14-,15+,16+,17+/m0/s1. The van der Waals surface area contributed by atoms with Crippen molar-refractivity contribution in [3.05, 3.63) is 36.4 Å². The number of anilines is 1. The zero-order chi connectivity index (χ0) is 30.3. The van der Waals surface area contributed by atoms with Crippen molar-refractivity contribution >= 4 is 60.7 Å². The SMILES string of the molecule is NC(=O)c1cccc2c1nnn2[C@H]1CC[C@@H](CO[P+](=O)O[C@H]2C[C@H](n3cnc4c(N)ncnc43)O[C@@H]2COP(O)(O)=S)O1. The molecule has 1 amide bonds. The van der Waals surface area contributed by atoms with Crippen LogP contribution in [0.5, 0.6) is 0 Å². The van der Waals surface area contributed by atoms with Gasteiger partial charge < -0.3 is 35.3 Å². The third kappa shape index (κ3) is 6.41. The van der Waals surface area contributed by atoms with Crippen LogP contribution in [0.4, 0.5) is 5.82 Å². The molecule has 2 aliphatic heterocycles. The Kier molecular flexibility index (Phi) is 8.45. The zero-order valence-electron chi connectivity index (χ0n) is 22.1. The third-order valence-electron chi connectivity index (χ3n) is 7.00. The van der Waals surface area contributed by atoms with Gasteiger partial charge in [-0.2, -0.15) is 0 Å². The van der Waals surface area contributed by atoms with Crippen molar-refractivity contribution in [3.63, 3.8) is 0 Å². The van der Waals surface area contributed by atoms with Gasteiger partial charge >= 0.3 is 15.0 Å². The summed E-state index contributed by atoms with van der Waals surface area (Å²) in [5.74, 6) is -0.418. The molecule has 228 valence electrons. The fourth-order valence-electron chi connectivity index (χ4n) is 5.03. The normalized spacial score (nSPS) is 24.7. The summed E-state index contributed by atoms with van der Waals surface area (Å²) in [5.41, 5.74) is 13.3. The second-order valence-corrected chi connectivity index (χ2v) is 13.3. The number of hydrogen-bond donors (Lipinski definition) is 4. The van der Waals surface area contributed by atoms with Crippen molar-refractivity contribution in [2.75, 3.05) is 18.9 Å². The number of nitrogen functional groups attached to an aromatic ring is 1. The average molecular weight is 655 g/mol. The first-order valence-electron chi connectivity index (χ1n) is 12.9. The van der Waals surface area contributed by atoms with Crippen LogP contribution in [0.15, 0.2) is 30.9 Å². The van der Waals surface area contributed by atoms with Crippen LogP contribution in [0.25, 0.3) is 22.2 Å².